The maximum absolute atomic E-state index is 12.3. The van der Waals surface area contributed by atoms with Crippen LogP contribution in [0.4, 0.5) is 8.78 Å². The van der Waals surface area contributed by atoms with E-state index in [1.165, 1.54) is 0 Å². The molecule has 0 unspecified atom stereocenters. The SMILES string of the molecule is [CH3][AlH][C](=O)[C](F)(F)[AlH][I]. The van der Waals surface area contributed by atoms with Crippen LogP contribution in [0.15, 0.2) is 0 Å². The third kappa shape index (κ3) is 3.29. The fourth-order valence-electron chi connectivity index (χ4n) is 0.333. The first-order valence-electron chi connectivity index (χ1n) is 2.51. The Labute approximate surface area is 75.7 Å². The quantitative estimate of drug-likeness (QED) is 0.538. The van der Waals surface area contributed by atoms with Gasteiger partial charge in [0, 0.05) is 0 Å². The monoisotopic (exact) mass is 276 g/mol. The fraction of sp³-hybridized carbons (Fsp3) is 0.667. The first kappa shape index (κ1) is 10.3. The maximum Gasteiger partial charge on any atom is 0.451 e. The van der Waals surface area contributed by atoms with Crippen LogP contribution in [0.1, 0.15) is 0 Å². The minimum absolute atomic E-state index is 0.774. The summed E-state index contributed by atoms with van der Waals surface area (Å²) in [4.78, 5) is 7.50. The van der Waals surface area contributed by atoms with E-state index in [1.807, 2.05) is 0 Å². The molecule has 0 saturated carbocycles. The molecule has 0 aliphatic carbocycles. The van der Waals surface area contributed by atoms with E-state index in [1.54, 1.807) is 26.1 Å². The van der Waals surface area contributed by atoms with Crippen molar-refractivity contribution in [3.63, 3.8) is 0 Å². The zero-order valence-electron chi connectivity index (χ0n) is 4.96. The highest BCUT2D eigenvalue weighted by molar-refractivity contribution is 14.1. The molecule has 6 heteroatoms. The Kier molecular flexibility index (Phi) is 4.88. The van der Waals surface area contributed by atoms with Gasteiger partial charge in [-0.2, -0.15) is 0 Å². The molecule has 0 aliphatic heterocycles. The molecule has 50 valence electrons. The minimum Gasteiger partial charge on any atom is -0.317 e. The summed E-state index contributed by atoms with van der Waals surface area (Å²) < 4.78 is 23.8. The van der Waals surface area contributed by atoms with E-state index in [4.69, 9.17) is 0 Å². The van der Waals surface area contributed by atoms with Crippen molar-refractivity contribution in [1.82, 2.24) is 0 Å². The number of hydrogen-bond donors (Lipinski definition) is 0. The first-order chi connectivity index (χ1) is 4.04. The molecule has 0 aliphatic rings. The minimum atomic E-state index is -2.90. The molecule has 0 bridgehead atoms. The summed E-state index contributed by atoms with van der Waals surface area (Å²) in [7, 11) is 0. The fourth-order valence-corrected chi connectivity index (χ4v) is 4.93. The average molecular weight is 276 g/mol. The molecular formula is C3H5Al2F2IO. The molecule has 0 heterocycles. The second kappa shape index (κ2) is 4.25. The van der Waals surface area contributed by atoms with Crippen LogP contribution in [0.3, 0.4) is 0 Å². The molecule has 0 saturated heterocycles. The third-order valence-corrected chi connectivity index (χ3v) is 6.16. The van der Waals surface area contributed by atoms with Crippen molar-refractivity contribution in [1.29, 1.82) is 0 Å². The van der Waals surface area contributed by atoms with Crippen LogP contribution in [0.2, 0.25) is 5.79 Å². The van der Waals surface area contributed by atoms with E-state index in [-0.39, 0.29) is 0 Å². The number of carbonyl (C=O) groups is 1. The molecule has 9 heavy (non-hydrogen) atoms. The smallest absolute Gasteiger partial charge is 0.317 e. The summed E-state index contributed by atoms with van der Waals surface area (Å²) in [6, 6.07) is 0. The lowest BCUT2D eigenvalue weighted by Crippen LogP contribution is -2.35. The zero-order chi connectivity index (χ0) is 7.49. The number of halogens is 3. The molecule has 0 spiro atoms. The van der Waals surface area contributed by atoms with Gasteiger partial charge >= 0.3 is 27.2 Å². The van der Waals surface area contributed by atoms with Crippen LogP contribution in [0, 0.1) is 0 Å². The average Bonchev–Trinajstić information content (AvgIpc) is 1.86. The van der Waals surface area contributed by atoms with Crippen LogP contribution in [0.5, 0.6) is 0 Å². The summed E-state index contributed by atoms with van der Waals surface area (Å²) in [5.41, 5.74) is 0. The largest absolute Gasteiger partial charge is 0.451 e. The molecule has 0 aromatic carbocycles. The molecule has 0 amide bonds. The number of alkyl halides is 2. The molecule has 0 fully saturated rings. The summed E-state index contributed by atoms with van der Waals surface area (Å²) >= 11 is -0.971. The van der Waals surface area contributed by atoms with Gasteiger partial charge in [0.1, 0.15) is 0 Å². The van der Waals surface area contributed by atoms with E-state index in [9.17, 15) is 13.6 Å². The van der Waals surface area contributed by atoms with Gasteiger partial charge in [0.15, 0.2) is 0 Å². The van der Waals surface area contributed by atoms with E-state index in [2.05, 4.69) is 0 Å². The highest BCUT2D eigenvalue weighted by Crippen LogP contribution is 2.14. The Morgan fingerprint density at radius 3 is 2.22 bits per heavy atom. The van der Waals surface area contributed by atoms with Crippen molar-refractivity contribution >= 4 is 52.1 Å². The standard InChI is InChI=1S/C2F2O.CH3.2Al.HI.2H/c3-2(4)1-5;;;;;;/h;1H3;;;1H;;/q;;;+1;;;/p-1. The second-order valence-electron chi connectivity index (χ2n) is 1.61. The first-order valence-corrected chi connectivity index (χ1v) is 10.5. The Morgan fingerprint density at radius 2 is 2.11 bits per heavy atom. The third-order valence-electron chi connectivity index (χ3n) is 0.897. The Bertz CT molecular complexity index is 118. The predicted octanol–water partition coefficient (Wildman–Crippen LogP) is 0.377. The summed E-state index contributed by atoms with van der Waals surface area (Å²) in [5.74, 6) is 1.59. The molecule has 0 aromatic rings. The van der Waals surface area contributed by atoms with E-state index in [0.29, 0.717) is 0 Å². The second-order valence-corrected chi connectivity index (χ2v) is 6.41. The molecule has 0 radical (unpaired) electrons. The zero-order valence-corrected chi connectivity index (χ0v) is 9.94. The van der Waals surface area contributed by atoms with Gasteiger partial charge in [-0.05, 0) is 0 Å². The topological polar surface area (TPSA) is 17.1 Å². The molecular weight excluding hydrogens is 271 g/mol. The number of hydrogen-bond acceptors (Lipinski definition) is 1. The van der Waals surface area contributed by atoms with Crippen molar-refractivity contribution in [3.05, 3.63) is 0 Å². The Balaban J connectivity index is 3.97. The van der Waals surface area contributed by atoms with Crippen molar-refractivity contribution in [3.8, 4) is 0 Å². The van der Waals surface area contributed by atoms with E-state index >= 15 is 0 Å². The van der Waals surface area contributed by atoms with Gasteiger partial charge in [-0.3, -0.25) is 0 Å². The highest BCUT2D eigenvalue weighted by Gasteiger charge is 2.36. The van der Waals surface area contributed by atoms with Gasteiger partial charge in [-0.1, -0.05) is 0 Å². The lowest BCUT2D eigenvalue weighted by atomic mass is 10.8. The number of carbonyl (C=O) groups excluding carboxylic acids is 1. The van der Waals surface area contributed by atoms with Gasteiger partial charge in [0.25, 0.3) is 0 Å². The Morgan fingerprint density at radius 1 is 1.67 bits per heavy atom. The lowest BCUT2D eigenvalue weighted by molar-refractivity contribution is -0.125. The van der Waals surface area contributed by atoms with Crippen molar-refractivity contribution in [2.45, 2.75) is 10.6 Å². The molecule has 1 nitrogen and oxygen atoms in total. The molecule has 0 aromatic heterocycles. The van der Waals surface area contributed by atoms with Crippen LogP contribution in [0.25, 0.3) is 0 Å². The van der Waals surface area contributed by atoms with Gasteiger partial charge in [-0.15, -0.1) is 5.79 Å². The lowest BCUT2D eigenvalue weighted by Gasteiger charge is -2.08. The molecule has 0 atom stereocenters. The van der Waals surface area contributed by atoms with Crippen LogP contribution < -0.4 is 0 Å². The van der Waals surface area contributed by atoms with Crippen LogP contribution in [-0.2, 0) is 4.79 Å². The van der Waals surface area contributed by atoms with Crippen molar-refractivity contribution < 1.29 is 13.6 Å². The van der Waals surface area contributed by atoms with Gasteiger partial charge < -0.3 is 4.79 Å². The normalized spacial score (nSPS) is 10.7. The summed E-state index contributed by atoms with van der Waals surface area (Å²) in [6.07, 6.45) is 0. The van der Waals surface area contributed by atoms with E-state index in [0.717, 1.165) is 0 Å². The maximum atomic E-state index is 12.3. The van der Waals surface area contributed by atoms with Gasteiger partial charge in [0.2, 0.25) is 4.78 Å². The predicted molar refractivity (Wildman–Crippen MR) is 44.1 cm³/mol. The highest BCUT2D eigenvalue weighted by atomic mass is 127. The molecule has 0 rings (SSSR count). The van der Waals surface area contributed by atoms with E-state index < -0.39 is 36.6 Å². The van der Waals surface area contributed by atoms with Gasteiger partial charge in [0.05, 0.1) is 4.65 Å². The summed E-state index contributed by atoms with van der Waals surface area (Å²) in [6.45, 7) is 0. The summed E-state index contributed by atoms with van der Waals surface area (Å²) in [5, 5.41) is 0. The Hall–Kier alpha value is 1.32. The van der Waals surface area contributed by atoms with Crippen LogP contribution in [-0.4, -0.2) is 36.6 Å². The van der Waals surface area contributed by atoms with Crippen molar-refractivity contribution in [2.75, 3.05) is 0 Å². The number of rotatable bonds is 3. The molecule has 0 N–H and O–H groups in total. The van der Waals surface area contributed by atoms with Crippen molar-refractivity contribution in [2.24, 2.45) is 0 Å². The van der Waals surface area contributed by atoms with Crippen LogP contribution >= 0.6 is 20.3 Å². The van der Waals surface area contributed by atoms with Gasteiger partial charge in [-0.25, -0.2) is 29.1 Å².